The molecule has 0 saturated carbocycles. The van der Waals surface area contributed by atoms with Crippen molar-refractivity contribution in [3.63, 3.8) is 0 Å². The van der Waals surface area contributed by atoms with Crippen LogP contribution in [-0.2, 0) is 9.53 Å². The van der Waals surface area contributed by atoms with Crippen molar-refractivity contribution in [2.45, 2.75) is 20.3 Å². The molecule has 1 rings (SSSR count). The highest BCUT2D eigenvalue weighted by atomic mass is 19.1. The third kappa shape index (κ3) is 4.35. The summed E-state index contributed by atoms with van der Waals surface area (Å²) in [7, 11) is 1.60. The van der Waals surface area contributed by atoms with Crippen LogP contribution in [0.3, 0.4) is 0 Å². The van der Waals surface area contributed by atoms with E-state index >= 15 is 0 Å². The number of amides is 1. The zero-order chi connectivity index (χ0) is 14.4. The number of hydrogen-bond acceptors (Lipinski definition) is 3. The van der Waals surface area contributed by atoms with Gasteiger partial charge < -0.3 is 9.64 Å². The van der Waals surface area contributed by atoms with E-state index < -0.39 is 0 Å². The summed E-state index contributed by atoms with van der Waals surface area (Å²) in [6.07, 6.45) is 0.149. The van der Waals surface area contributed by atoms with Crippen molar-refractivity contribution in [1.29, 1.82) is 0 Å². The number of carbonyl (C=O) groups excluding carboxylic acids is 2. The lowest BCUT2D eigenvalue weighted by molar-refractivity contribution is -0.143. The van der Waals surface area contributed by atoms with Crippen LogP contribution in [0.5, 0.6) is 0 Å². The fourth-order valence-corrected chi connectivity index (χ4v) is 1.59. The van der Waals surface area contributed by atoms with Crippen LogP contribution >= 0.6 is 0 Å². The average Bonchev–Trinajstić information content (AvgIpc) is 2.38. The second-order valence-electron chi connectivity index (χ2n) is 4.25. The number of hydrogen-bond donors (Lipinski definition) is 0. The van der Waals surface area contributed by atoms with Crippen LogP contribution in [0.2, 0.25) is 0 Å². The molecule has 0 aliphatic rings. The zero-order valence-electron chi connectivity index (χ0n) is 11.4. The molecular weight excluding hydrogens is 249 g/mol. The minimum absolute atomic E-state index is 0.149. The predicted octanol–water partition coefficient (Wildman–Crippen LogP) is 2.16. The number of rotatable bonds is 5. The monoisotopic (exact) mass is 267 g/mol. The lowest BCUT2D eigenvalue weighted by Crippen LogP contribution is -2.29. The van der Waals surface area contributed by atoms with Gasteiger partial charge in [0.1, 0.15) is 5.82 Å². The fourth-order valence-electron chi connectivity index (χ4n) is 1.59. The van der Waals surface area contributed by atoms with E-state index in [2.05, 4.69) is 0 Å². The van der Waals surface area contributed by atoms with Gasteiger partial charge in [0.15, 0.2) is 0 Å². The normalized spacial score (nSPS) is 10.1. The second-order valence-corrected chi connectivity index (χ2v) is 4.25. The molecule has 0 N–H and O–H groups in total. The zero-order valence-corrected chi connectivity index (χ0v) is 11.4. The summed E-state index contributed by atoms with van der Waals surface area (Å²) in [5, 5.41) is 0. The molecule has 0 spiro atoms. The Morgan fingerprint density at radius 2 is 2.05 bits per heavy atom. The number of benzene rings is 1. The third-order valence-electron chi connectivity index (χ3n) is 2.71. The van der Waals surface area contributed by atoms with Crippen molar-refractivity contribution in [1.82, 2.24) is 4.90 Å². The number of aryl methyl sites for hydroxylation is 1. The van der Waals surface area contributed by atoms with Crippen molar-refractivity contribution in [3.05, 3.63) is 35.1 Å². The molecule has 0 atom stereocenters. The van der Waals surface area contributed by atoms with Crippen LogP contribution in [0.15, 0.2) is 18.2 Å². The Hall–Kier alpha value is -1.91. The van der Waals surface area contributed by atoms with Gasteiger partial charge in [0, 0.05) is 19.2 Å². The number of nitrogens with zero attached hydrogens (tertiary/aromatic N) is 1. The molecule has 0 radical (unpaired) electrons. The molecule has 0 aliphatic carbocycles. The predicted molar refractivity (Wildman–Crippen MR) is 69.3 cm³/mol. The van der Waals surface area contributed by atoms with Gasteiger partial charge in [-0.3, -0.25) is 9.59 Å². The highest BCUT2D eigenvalue weighted by Gasteiger charge is 2.14. The Morgan fingerprint density at radius 3 is 2.63 bits per heavy atom. The van der Waals surface area contributed by atoms with E-state index in [4.69, 9.17) is 4.74 Å². The van der Waals surface area contributed by atoms with Gasteiger partial charge in [0.25, 0.3) is 5.91 Å². The second kappa shape index (κ2) is 6.87. The quantitative estimate of drug-likeness (QED) is 0.768. The largest absolute Gasteiger partial charge is 0.466 e. The molecule has 19 heavy (non-hydrogen) atoms. The molecule has 4 nitrogen and oxygen atoms in total. The molecule has 5 heteroatoms. The summed E-state index contributed by atoms with van der Waals surface area (Å²) in [6, 6.07) is 4.20. The van der Waals surface area contributed by atoms with Gasteiger partial charge >= 0.3 is 5.97 Å². The Morgan fingerprint density at radius 1 is 1.37 bits per heavy atom. The van der Waals surface area contributed by atoms with Crippen LogP contribution in [0.4, 0.5) is 4.39 Å². The van der Waals surface area contributed by atoms with Crippen molar-refractivity contribution in [3.8, 4) is 0 Å². The molecular formula is C14H18FNO3. The highest BCUT2D eigenvalue weighted by Crippen LogP contribution is 2.11. The first-order chi connectivity index (χ1) is 8.95. The molecule has 104 valence electrons. The van der Waals surface area contributed by atoms with E-state index in [1.807, 2.05) is 0 Å². The van der Waals surface area contributed by atoms with Crippen molar-refractivity contribution in [2.24, 2.45) is 0 Å². The summed E-state index contributed by atoms with van der Waals surface area (Å²) in [5.74, 6) is -0.921. The van der Waals surface area contributed by atoms with Crippen LogP contribution in [0.25, 0.3) is 0 Å². The van der Waals surface area contributed by atoms with Gasteiger partial charge in [-0.05, 0) is 37.6 Å². The van der Waals surface area contributed by atoms with E-state index in [-0.39, 0.29) is 30.7 Å². The van der Waals surface area contributed by atoms with E-state index in [1.54, 1.807) is 20.9 Å². The first kappa shape index (κ1) is 15.1. The molecule has 0 saturated heterocycles. The van der Waals surface area contributed by atoms with E-state index in [0.717, 1.165) is 0 Å². The minimum Gasteiger partial charge on any atom is -0.466 e. The van der Waals surface area contributed by atoms with Crippen molar-refractivity contribution >= 4 is 11.9 Å². The van der Waals surface area contributed by atoms with Gasteiger partial charge in [0.2, 0.25) is 0 Å². The number of halogens is 1. The lowest BCUT2D eigenvalue weighted by atomic mass is 10.1. The summed E-state index contributed by atoms with van der Waals surface area (Å²) in [4.78, 5) is 24.6. The smallest absolute Gasteiger partial charge is 0.307 e. The molecule has 1 aromatic carbocycles. The molecule has 0 bridgehead atoms. The Bertz CT molecular complexity index is 474. The Balaban J connectivity index is 2.61. The van der Waals surface area contributed by atoms with Crippen LogP contribution < -0.4 is 0 Å². The van der Waals surface area contributed by atoms with Crippen molar-refractivity contribution < 1.29 is 18.7 Å². The van der Waals surface area contributed by atoms with Gasteiger partial charge in [-0.25, -0.2) is 4.39 Å². The molecule has 0 fully saturated rings. The van der Waals surface area contributed by atoms with Gasteiger partial charge in [-0.2, -0.15) is 0 Å². The van der Waals surface area contributed by atoms with Crippen LogP contribution in [0, 0.1) is 12.7 Å². The lowest BCUT2D eigenvalue weighted by Gasteiger charge is -2.17. The summed E-state index contributed by atoms with van der Waals surface area (Å²) in [5.41, 5.74) is 0.829. The average molecular weight is 267 g/mol. The van der Waals surface area contributed by atoms with Crippen LogP contribution in [-0.4, -0.2) is 37.0 Å². The molecule has 1 aromatic rings. The SMILES string of the molecule is CCOC(=O)CCN(C)C(=O)c1ccc(F)c(C)c1. The highest BCUT2D eigenvalue weighted by molar-refractivity contribution is 5.94. The molecule has 0 aliphatic heterocycles. The maximum atomic E-state index is 13.1. The van der Waals surface area contributed by atoms with Gasteiger partial charge in [-0.15, -0.1) is 0 Å². The molecule has 0 aromatic heterocycles. The first-order valence-electron chi connectivity index (χ1n) is 6.13. The summed E-state index contributed by atoms with van der Waals surface area (Å²) in [6.45, 7) is 3.93. The number of ether oxygens (including phenoxy) is 1. The maximum absolute atomic E-state index is 13.1. The molecule has 1 amide bonds. The topological polar surface area (TPSA) is 46.6 Å². The summed E-state index contributed by atoms with van der Waals surface area (Å²) < 4.78 is 17.9. The van der Waals surface area contributed by atoms with E-state index in [9.17, 15) is 14.0 Å². The number of carbonyl (C=O) groups is 2. The van der Waals surface area contributed by atoms with Crippen LogP contribution in [0.1, 0.15) is 29.3 Å². The molecule has 0 heterocycles. The first-order valence-corrected chi connectivity index (χ1v) is 6.13. The van der Waals surface area contributed by atoms with E-state index in [1.165, 1.54) is 23.1 Å². The third-order valence-corrected chi connectivity index (χ3v) is 2.71. The standard InChI is InChI=1S/C14H18FNO3/c1-4-19-13(17)7-8-16(3)14(18)11-5-6-12(15)10(2)9-11/h5-6,9H,4,7-8H2,1-3H3. The minimum atomic E-state index is -0.342. The number of esters is 1. The fraction of sp³-hybridized carbons (Fsp3) is 0.429. The van der Waals surface area contributed by atoms with Gasteiger partial charge in [-0.1, -0.05) is 0 Å². The van der Waals surface area contributed by atoms with E-state index in [0.29, 0.717) is 17.7 Å². The summed E-state index contributed by atoms with van der Waals surface area (Å²) >= 11 is 0. The van der Waals surface area contributed by atoms with Crippen molar-refractivity contribution in [2.75, 3.05) is 20.2 Å². The Labute approximate surface area is 112 Å². The molecule has 0 unspecified atom stereocenters. The maximum Gasteiger partial charge on any atom is 0.307 e. The van der Waals surface area contributed by atoms with Gasteiger partial charge in [0.05, 0.1) is 13.0 Å². The Kier molecular flexibility index (Phi) is 5.48.